The lowest BCUT2D eigenvalue weighted by Crippen LogP contribution is -2.45. The number of halogens is 1. The number of nitrogens with zero attached hydrogens (tertiary/aromatic N) is 1. The smallest absolute Gasteiger partial charge is 0.230 e. The molecule has 2 nitrogen and oxygen atoms in total. The summed E-state index contributed by atoms with van der Waals surface area (Å²) in [5.74, 6) is 1.06. The van der Waals surface area contributed by atoms with E-state index in [1.54, 1.807) is 0 Å². The van der Waals surface area contributed by atoms with Gasteiger partial charge in [-0.1, -0.05) is 22.9 Å². The number of hydrogen-bond acceptors (Lipinski definition) is 2. The van der Waals surface area contributed by atoms with Gasteiger partial charge in [0.15, 0.2) is 0 Å². The number of fused-ring (bicyclic) bond motifs is 1. The van der Waals surface area contributed by atoms with E-state index >= 15 is 0 Å². The first-order valence-corrected chi connectivity index (χ1v) is 8.95. The number of amides is 1. The second kappa shape index (κ2) is 5.57. The fourth-order valence-corrected chi connectivity index (χ4v) is 4.64. The molecule has 0 aromatic carbocycles. The number of alkyl halides is 1. The van der Waals surface area contributed by atoms with E-state index in [4.69, 9.17) is 0 Å². The number of likely N-dealkylation sites (tertiary alicyclic amines) is 1. The Hall–Kier alpha value is -0.350. The van der Waals surface area contributed by atoms with Gasteiger partial charge >= 0.3 is 0 Å². The summed E-state index contributed by atoms with van der Waals surface area (Å²) in [6, 6.07) is 2.17. The minimum absolute atomic E-state index is 0.133. The van der Waals surface area contributed by atoms with Gasteiger partial charge in [-0.3, -0.25) is 4.79 Å². The molecule has 3 atom stereocenters. The lowest BCUT2D eigenvalue weighted by atomic mass is 9.86. The lowest BCUT2D eigenvalue weighted by Gasteiger charge is -2.37. The standard InChI is InChI=1S/C15H20BrNOS/c1-10-9-17(7-5-13(10)16)15(18)12-3-2-4-14-11(12)6-8-19-14/h6,8,10,12-13H,2-5,7,9H2,1H3. The summed E-state index contributed by atoms with van der Waals surface area (Å²) in [5, 5.41) is 2.14. The van der Waals surface area contributed by atoms with Crippen LogP contribution >= 0.6 is 27.3 Å². The molecule has 104 valence electrons. The van der Waals surface area contributed by atoms with Crippen molar-refractivity contribution in [2.24, 2.45) is 5.92 Å². The van der Waals surface area contributed by atoms with E-state index in [2.05, 4.69) is 39.2 Å². The number of rotatable bonds is 1. The maximum Gasteiger partial charge on any atom is 0.230 e. The van der Waals surface area contributed by atoms with E-state index < -0.39 is 0 Å². The Labute approximate surface area is 127 Å². The molecule has 2 aliphatic rings. The number of piperidine rings is 1. The van der Waals surface area contributed by atoms with E-state index in [9.17, 15) is 4.79 Å². The molecule has 3 rings (SSSR count). The van der Waals surface area contributed by atoms with Crippen LogP contribution in [0.5, 0.6) is 0 Å². The Bertz CT molecular complexity index is 472. The summed E-state index contributed by atoms with van der Waals surface area (Å²) in [6.45, 7) is 4.05. The highest BCUT2D eigenvalue weighted by Gasteiger charge is 2.34. The molecule has 0 N–H and O–H groups in total. The molecule has 1 aliphatic heterocycles. The Morgan fingerprint density at radius 2 is 2.32 bits per heavy atom. The summed E-state index contributed by atoms with van der Waals surface area (Å²) >= 11 is 5.53. The average Bonchev–Trinajstić information content (AvgIpc) is 2.89. The normalized spacial score (nSPS) is 31.1. The zero-order chi connectivity index (χ0) is 13.4. The third-order valence-electron chi connectivity index (χ3n) is 4.46. The Morgan fingerprint density at radius 1 is 1.47 bits per heavy atom. The third-order valence-corrected chi connectivity index (χ3v) is 6.82. The molecule has 2 heterocycles. The van der Waals surface area contributed by atoms with E-state index in [-0.39, 0.29) is 5.92 Å². The molecular formula is C15H20BrNOS. The zero-order valence-corrected chi connectivity index (χ0v) is 13.7. The van der Waals surface area contributed by atoms with Crippen molar-refractivity contribution in [2.45, 2.75) is 43.4 Å². The van der Waals surface area contributed by atoms with Crippen molar-refractivity contribution in [3.05, 3.63) is 21.9 Å². The molecule has 1 fully saturated rings. The predicted octanol–water partition coefficient (Wildman–Crippen LogP) is 3.80. The topological polar surface area (TPSA) is 20.3 Å². The van der Waals surface area contributed by atoms with E-state index in [1.807, 2.05) is 11.3 Å². The van der Waals surface area contributed by atoms with Crippen molar-refractivity contribution in [2.75, 3.05) is 13.1 Å². The van der Waals surface area contributed by atoms with Crippen LogP contribution < -0.4 is 0 Å². The fraction of sp³-hybridized carbons (Fsp3) is 0.667. The molecular weight excluding hydrogens is 322 g/mol. The van der Waals surface area contributed by atoms with Gasteiger partial charge in [0.05, 0.1) is 5.92 Å². The Balaban J connectivity index is 1.75. The van der Waals surface area contributed by atoms with E-state index in [0.29, 0.717) is 16.7 Å². The van der Waals surface area contributed by atoms with Crippen LogP contribution in [0, 0.1) is 5.92 Å². The van der Waals surface area contributed by atoms with Crippen molar-refractivity contribution in [1.29, 1.82) is 0 Å². The average molecular weight is 342 g/mol. The summed E-state index contributed by atoms with van der Waals surface area (Å²) in [4.78, 5) is 16.9. The Morgan fingerprint density at radius 3 is 3.11 bits per heavy atom. The van der Waals surface area contributed by atoms with Gasteiger partial charge in [0.2, 0.25) is 5.91 Å². The zero-order valence-electron chi connectivity index (χ0n) is 11.3. The first-order valence-electron chi connectivity index (χ1n) is 7.16. The van der Waals surface area contributed by atoms with E-state index in [0.717, 1.165) is 38.8 Å². The minimum Gasteiger partial charge on any atom is -0.342 e. The van der Waals surface area contributed by atoms with Gasteiger partial charge in [-0.25, -0.2) is 0 Å². The molecule has 0 radical (unpaired) electrons. The Kier molecular flexibility index (Phi) is 3.99. The molecule has 1 aromatic rings. The molecule has 0 spiro atoms. The highest BCUT2D eigenvalue weighted by atomic mass is 79.9. The van der Waals surface area contributed by atoms with Gasteiger partial charge in [-0.15, -0.1) is 11.3 Å². The molecule has 3 unspecified atom stereocenters. The van der Waals surface area contributed by atoms with Crippen LogP contribution in [0.25, 0.3) is 0 Å². The maximum atomic E-state index is 12.8. The van der Waals surface area contributed by atoms with Gasteiger partial charge in [0.1, 0.15) is 0 Å². The summed E-state index contributed by atoms with van der Waals surface area (Å²) in [6.07, 6.45) is 4.44. The monoisotopic (exact) mass is 341 g/mol. The summed E-state index contributed by atoms with van der Waals surface area (Å²) < 4.78 is 0. The highest BCUT2D eigenvalue weighted by molar-refractivity contribution is 9.09. The van der Waals surface area contributed by atoms with Crippen LogP contribution in [0.2, 0.25) is 0 Å². The van der Waals surface area contributed by atoms with Crippen LogP contribution in [-0.2, 0) is 11.2 Å². The van der Waals surface area contributed by atoms with Crippen molar-refractivity contribution in [3.8, 4) is 0 Å². The van der Waals surface area contributed by atoms with Crippen LogP contribution in [0.4, 0.5) is 0 Å². The molecule has 1 aliphatic carbocycles. The number of hydrogen-bond donors (Lipinski definition) is 0. The van der Waals surface area contributed by atoms with Gasteiger partial charge in [-0.05, 0) is 48.6 Å². The second-order valence-electron chi connectivity index (χ2n) is 5.81. The van der Waals surface area contributed by atoms with Crippen molar-refractivity contribution in [1.82, 2.24) is 4.90 Å². The lowest BCUT2D eigenvalue weighted by molar-refractivity contribution is -0.134. The number of carbonyl (C=O) groups is 1. The molecule has 0 saturated carbocycles. The minimum atomic E-state index is 0.133. The molecule has 1 aromatic heterocycles. The fourth-order valence-electron chi connectivity index (χ4n) is 3.28. The first kappa shape index (κ1) is 13.6. The van der Waals surface area contributed by atoms with E-state index in [1.165, 1.54) is 10.4 Å². The van der Waals surface area contributed by atoms with Crippen LogP contribution in [0.15, 0.2) is 11.4 Å². The third kappa shape index (κ3) is 2.62. The molecule has 19 heavy (non-hydrogen) atoms. The first-order chi connectivity index (χ1) is 9.16. The second-order valence-corrected chi connectivity index (χ2v) is 7.99. The van der Waals surface area contributed by atoms with Crippen molar-refractivity contribution >= 4 is 33.2 Å². The van der Waals surface area contributed by atoms with Gasteiger partial charge in [0, 0.05) is 22.8 Å². The van der Waals surface area contributed by atoms with Gasteiger partial charge in [0.25, 0.3) is 0 Å². The van der Waals surface area contributed by atoms with Gasteiger partial charge in [-0.2, -0.15) is 0 Å². The summed E-state index contributed by atoms with van der Waals surface area (Å²) in [5.41, 5.74) is 1.31. The maximum absolute atomic E-state index is 12.8. The number of carbonyl (C=O) groups excluding carboxylic acids is 1. The van der Waals surface area contributed by atoms with Crippen LogP contribution in [-0.4, -0.2) is 28.7 Å². The SMILES string of the molecule is CC1CN(C(=O)C2CCCc3sccc32)CCC1Br. The van der Waals surface area contributed by atoms with Gasteiger partial charge < -0.3 is 4.90 Å². The van der Waals surface area contributed by atoms with Crippen LogP contribution in [0.1, 0.15) is 42.5 Å². The van der Waals surface area contributed by atoms with Crippen molar-refractivity contribution in [3.63, 3.8) is 0 Å². The number of thiophene rings is 1. The van der Waals surface area contributed by atoms with Crippen molar-refractivity contribution < 1.29 is 4.79 Å². The highest BCUT2D eigenvalue weighted by Crippen LogP contribution is 2.37. The largest absolute Gasteiger partial charge is 0.342 e. The van der Waals surface area contributed by atoms with Crippen LogP contribution in [0.3, 0.4) is 0 Å². The predicted molar refractivity (Wildman–Crippen MR) is 83.1 cm³/mol. The number of aryl methyl sites for hydroxylation is 1. The molecule has 1 saturated heterocycles. The molecule has 4 heteroatoms. The molecule has 1 amide bonds. The molecule has 0 bridgehead atoms. The quantitative estimate of drug-likeness (QED) is 0.711. The summed E-state index contributed by atoms with van der Waals surface area (Å²) in [7, 11) is 0.